The first-order chi connectivity index (χ1) is 12.4. The lowest BCUT2D eigenvalue weighted by molar-refractivity contribution is -0.137. The van der Waals surface area contributed by atoms with Crippen molar-refractivity contribution < 1.29 is 17.9 Å². The standard InChI is InChI=1S/C19H17F3N2OS/c1-12-17(23-11-13-4-3-5-16(10-13)25-2)26-18(24-12)14-6-8-15(9-7-14)19(20,21)22/h3-10,23H,11H2,1-2H3. The maximum atomic E-state index is 12.7. The van der Waals surface area contributed by atoms with Crippen molar-refractivity contribution in [1.29, 1.82) is 0 Å². The van der Waals surface area contributed by atoms with E-state index in [1.165, 1.54) is 23.5 Å². The number of halogens is 3. The van der Waals surface area contributed by atoms with Gasteiger partial charge in [0.25, 0.3) is 0 Å². The van der Waals surface area contributed by atoms with Crippen molar-refractivity contribution in [1.82, 2.24) is 4.98 Å². The van der Waals surface area contributed by atoms with Gasteiger partial charge in [-0.15, -0.1) is 0 Å². The highest BCUT2D eigenvalue weighted by Crippen LogP contribution is 2.34. The van der Waals surface area contributed by atoms with Crippen molar-refractivity contribution in [3.63, 3.8) is 0 Å². The van der Waals surface area contributed by atoms with Crippen LogP contribution in [0.5, 0.6) is 5.75 Å². The molecule has 1 aromatic heterocycles. The Morgan fingerprint density at radius 3 is 2.50 bits per heavy atom. The predicted molar refractivity (Wildman–Crippen MR) is 97.6 cm³/mol. The van der Waals surface area contributed by atoms with Crippen molar-refractivity contribution in [2.24, 2.45) is 0 Å². The van der Waals surface area contributed by atoms with Crippen LogP contribution in [-0.4, -0.2) is 12.1 Å². The molecule has 0 aliphatic rings. The highest BCUT2D eigenvalue weighted by molar-refractivity contribution is 7.19. The van der Waals surface area contributed by atoms with Gasteiger partial charge in [-0.25, -0.2) is 4.98 Å². The maximum Gasteiger partial charge on any atom is 0.416 e. The van der Waals surface area contributed by atoms with E-state index in [0.29, 0.717) is 17.1 Å². The lowest BCUT2D eigenvalue weighted by Crippen LogP contribution is -2.03. The molecule has 26 heavy (non-hydrogen) atoms. The smallest absolute Gasteiger partial charge is 0.416 e. The van der Waals surface area contributed by atoms with Gasteiger partial charge in [0, 0.05) is 12.1 Å². The first-order valence-electron chi connectivity index (χ1n) is 7.88. The number of ether oxygens (including phenoxy) is 1. The molecule has 3 rings (SSSR count). The number of anilines is 1. The third-order valence-electron chi connectivity index (χ3n) is 3.84. The number of nitrogens with zero attached hydrogens (tertiary/aromatic N) is 1. The number of hydrogen-bond acceptors (Lipinski definition) is 4. The average molecular weight is 378 g/mol. The molecule has 0 saturated carbocycles. The lowest BCUT2D eigenvalue weighted by Gasteiger charge is -2.07. The molecule has 1 N–H and O–H groups in total. The molecule has 3 nitrogen and oxygen atoms in total. The Morgan fingerprint density at radius 2 is 1.85 bits per heavy atom. The number of aryl methyl sites for hydroxylation is 1. The van der Waals surface area contributed by atoms with Crippen molar-refractivity contribution in [3.05, 3.63) is 65.4 Å². The Hall–Kier alpha value is -2.54. The SMILES string of the molecule is COc1cccc(CNc2sc(-c3ccc(C(F)(F)F)cc3)nc2C)c1. The number of aromatic nitrogens is 1. The zero-order valence-electron chi connectivity index (χ0n) is 14.2. The zero-order chi connectivity index (χ0) is 18.7. The molecule has 3 aromatic rings. The van der Waals surface area contributed by atoms with Crippen molar-refractivity contribution in [2.75, 3.05) is 12.4 Å². The molecule has 2 aromatic carbocycles. The summed E-state index contributed by atoms with van der Waals surface area (Å²) in [6.45, 7) is 2.48. The minimum absolute atomic E-state index is 0.604. The van der Waals surface area contributed by atoms with Gasteiger partial charge < -0.3 is 10.1 Å². The van der Waals surface area contributed by atoms with Gasteiger partial charge in [0.15, 0.2) is 0 Å². The van der Waals surface area contributed by atoms with E-state index >= 15 is 0 Å². The van der Waals surface area contributed by atoms with Crippen LogP contribution in [0.3, 0.4) is 0 Å². The Bertz CT molecular complexity index is 889. The van der Waals surface area contributed by atoms with Crippen molar-refractivity contribution in [2.45, 2.75) is 19.6 Å². The Kier molecular flexibility index (Phi) is 5.18. The second-order valence-electron chi connectivity index (χ2n) is 5.71. The van der Waals surface area contributed by atoms with Crippen LogP contribution >= 0.6 is 11.3 Å². The molecule has 0 atom stereocenters. The number of hydrogen-bond donors (Lipinski definition) is 1. The zero-order valence-corrected chi connectivity index (χ0v) is 15.0. The van der Waals surface area contributed by atoms with E-state index < -0.39 is 11.7 Å². The van der Waals surface area contributed by atoms with Crippen LogP contribution in [0.1, 0.15) is 16.8 Å². The summed E-state index contributed by atoms with van der Waals surface area (Å²) in [4.78, 5) is 4.47. The van der Waals surface area contributed by atoms with Gasteiger partial charge >= 0.3 is 6.18 Å². The summed E-state index contributed by atoms with van der Waals surface area (Å²) in [5.74, 6) is 0.788. The third-order valence-corrected chi connectivity index (χ3v) is 5.01. The third kappa shape index (κ3) is 4.16. The van der Waals surface area contributed by atoms with Gasteiger partial charge in [-0.3, -0.25) is 0 Å². The summed E-state index contributed by atoms with van der Waals surface area (Å²) in [6, 6.07) is 12.8. The molecule has 0 bridgehead atoms. The van der Waals surface area contributed by atoms with Crippen LogP contribution in [0, 0.1) is 6.92 Å². The molecule has 0 fully saturated rings. The monoisotopic (exact) mass is 378 g/mol. The Balaban J connectivity index is 1.74. The molecule has 0 radical (unpaired) electrons. The summed E-state index contributed by atoms with van der Waals surface area (Å²) in [6.07, 6.45) is -4.33. The van der Waals surface area contributed by atoms with Crippen LogP contribution in [-0.2, 0) is 12.7 Å². The number of alkyl halides is 3. The van der Waals surface area contributed by atoms with Crippen LogP contribution in [0.2, 0.25) is 0 Å². The summed E-state index contributed by atoms with van der Waals surface area (Å²) < 4.78 is 43.2. The quantitative estimate of drug-likeness (QED) is 0.613. The molecule has 0 unspecified atom stereocenters. The number of benzene rings is 2. The first kappa shape index (κ1) is 18.3. The molecule has 7 heteroatoms. The van der Waals surface area contributed by atoms with Crippen LogP contribution in [0.25, 0.3) is 10.6 Å². The topological polar surface area (TPSA) is 34.1 Å². The van der Waals surface area contributed by atoms with Gasteiger partial charge in [0.05, 0.1) is 18.4 Å². The summed E-state index contributed by atoms with van der Waals surface area (Å²) >= 11 is 1.42. The van der Waals surface area contributed by atoms with Gasteiger partial charge in [-0.05, 0) is 36.8 Å². The lowest BCUT2D eigenvalue weighted by atomic mass is 10.1. The largest absolute Gasteiger partial charge is 0.497 e. The summed E-state index contributed by atoms with van der Waals surface area (Å²) in [5.41, 5.74) is 1.88. The van der Waals surface area contributed by atoms with E-state index in [9.17, 15) is 13.2 Å². The highest BCUT2D eigenvalue weighted by Gasteiger charge is 2.30. The van der Waals surface area contributed by atoms with E-state index in [1.807, 2.05) is 31.2 Å². The normalized spacial score (nSPS) is 11.4. The number of rotatable bonds is 5. The van der Waals surface area contributed by atoms with Gasteiger partial charge in [-0.1, -0.05) is 35.6 Å². The fraction of sp³-hybridized carbons (Fsp3) is 0.211. The molecular weight excluding hydrogens is 361 g/mol. The van der Waals surface area contributed by atoms with Crippen LogP contribution in [0.4, 0.5) is 18.2 Å². The Labute approximate surface area is 153 Å². The van der Waals surface area contributed by atoms with Crippen LogP contribution < -0.4 is 10.1 Å². The summed E-state index contributed by atoms with van der Waals surface area (Å²) in [5, 5.41) is 4.90. The second-order valence-corrected chi connectivity index (χ2v) is 6.71. The highest BCUT2D eigenvalue weighted by atomic mass is 32.1. The van der Waals surface area contributed by atoms with Crippen LogP contribution in [0.15, 0.2) is 48.5 Å². The molecule has 1 heterocycles. The maximum absolute atomic E-state index is 12.7. The van der Waals surface area contributed by atoms with Crippen molar-refractivity contribution in [3.8, 4) is 16.3 Å². The Morgan fingerprint density at radius 1 is 1.12 bits per heavy atom. The number of nitrogens with one attached hydrogen (secondary N) is 1. The molecule has 0 amide bonds. The molecule has 0 aliphatic carbocycles. The number of thiazole rings is 1. The average Bonchev–Trinajstić information content (AvgIpc) is 3.00. The minimum Gasteiger partial charge on any atom is -0.497 e. The molecule has 0 spiro atoms. The van der Waals surface area contributed by atoms with Gasteiger partial charge in [-0.2, -0.15) is 13.2 Å². The molecule has 0 aliphatic heterocycles. The van der Waals surface area contributed by atoms with E-state index in [0.717, 1.165) is 34.1 Å². The molecular formula is C19H17F3N2OS. The fourth-order valence-electron chi connectivity index (χ4n) is 2.45. The van der Waals surface area contributed by atoms with Crippen molar-refractivity contribution >= 4 is 16.3 Å². The van der Waals surface area contributed by atoms with E-state index in [4.69, 9.17) is 4.74 Å². The minimum atomic E-state index is -4.33. The fourth-order valence-corrected chi connectivity index (χ4v) is 3.42. The van der Waals surface area contributed by atoms with E-state index in [2.05, 4.69) is 10.3 Å². The van der Waals surface area contributed by atoms with E-state index in [-0.39, 0.29) is 0 Å². The predicted octanol–water partition coefficient (Wildman–Crippen LogP) is 5.76. The van der Waals surface area contributed by atoms with Gasteiger partial charge in [0.2, 0.25) is 0 Å². The molecule has 0 saturated heterocycles. The first-order valence-corrected chi connectivity index (χ1v) is 8.70. The molecule has 136 valence electrons. The summed E-state index contributed by atoms with van der Waals surface area (Å²) in [7, 11) is 1.62. The second kappa shape index (κ2) is 7.37. The number of methoxy groups -OCH3 is 1. The van der Waals surface area contributed by atoms with E-state index in [1.54, 1.807) is 7.11 Å². The van der Waals surface area contributed by atoms with Gasteiger partial charge in [0.1, 0.15) is 15.8 Å².